The van der Waals surface area contributed by atoms with Crippen LogP contribution >= 0.6 is 15.9 Å². The molecule has 1 saturated carbocycles. The Morgan fingerprint density at radius 3 is 2.59 bits per heavy atom. The number of phenolic OH excluding ortho intramolecular Hbond substituents is 1. The van der Waals surface area contributed by atoms with Crippen LogP contribution < -0.4 is 31.8 Å². The van der Waals surface area contributed by atoms with E-state index in [0.29, 0.717) is 25.4 Å². The van der Waals surface area contributed by atoms with Gasteiger partial charge >= 0.3 is 189 Å². The molecule has 0 spiro atoms. The zero-order valence-electron chi connectivity index (χ0n) is 18.5. The van der Waals surface area contributed by atoms with Crippen molar-refractivity contribution in [1.29, 1.82) is 0 Å². The molecule has 1 aromatic heterocycles. The van der Waals surface area contributed by atoms with Crippen LogP contribution in [0.4, 0.5) is 0 Å². The van der Waals surface area contributed by atoms with Crippen LogP contribution in [-0.2, 0) is 17.9 Å². The van der Waals surface area contributed by atoms with Crippen LogP contribution in [-0.4, -0.2) is 20.8 Å². The molecule has 8 heteroatoms. The first-order valence-corrected chi connectivity index (χ1v) is 14.3. The molecule has 34 heavy (non-hydrogen) atoms. The second-order valence-corrected chi connectivity index (χ2v) is 11.6. The van der Waals surface area contributed by atoms with E-state index in [1.54, 1.807) is 6.07 Å². The molecule has 0 unspecified atom stereocenters. The van der Waals surface area contributed by atoms with E-state index in [4.69, 9.17) is 0 Å². The number of phenols is 1. The van der Waals surface area contributed by atoms with Gasteiger partial charge in [-0.2, -0.15) is 0 Å². The van der Waals surface area contributed by atoms with Crippen molar-refractivity contribution in [2.45, 2.75) is 32.4 Å². The first-order chi connectivity index (χ1) is 16.6. The van der Waals surface area contributed by atoms with Crippen molar-refractivity contribution in [3.05, 3.63) is 89.8 Å². The summed E-state index contributed by atoms with van der Waals surface area (Å²) in [7, 11) is 0. The quantitative estimate of drug-likeness (QED) is 0.331. The number of carbonyl (C=O) groups excluding carboxylic acids is 1. The summed E-state index contributed by atoms with van der Waals surface area (Å²) in [4.78, 5) is 11.9. The molecule has 1 aliphatic carbocycles. The number of para-hydroxylation sites is 1. The van der Waals surface area contributed by atoms with Crippen molar-refractivity contribution >= 4 is 33.2 Å². The summed E-state index contributed by atoms with van der Waals surface area (Å²) in [5.41, 5.74) is 4.03. The molecule has 3 aromatic rings. The van der Waals surface area contributed by atoms with E-state index in [9.17, 15) is 9.90 Å². The number of allylic oxidation sites excluding steroid dienone is 2. The maximum absolute atomic E-state index is 11.9. The van der Waals surface area contributed by atoms with Gasteiger partial charge in [-0.3, -0.25) is 4.79 Å². The third-order valence-electron chi connectivity index (χ3n) is 5.84. The Kier molecular flexibility index (Phi) is 7.05. The number of halogens is 2. The Labute approximate surface area is 217 Å². The topological polar surface area (TPSA) is 79.2 Å². The van der Waals surface area contributed by atoms with E-state index in [2.05, 4.69) is 66.1 Å². The molecule has 0 saturated heterocycles. The van der Waals surface area contributed by atoms with Crippen molar-refractivity contribution < 1.29 is 31.1 Å². The van der Waals surface area contributed by atoms with Crippen molar-refractivity contribution in [2.75, 3.05) is 0 Å². The number of nitrogens with one attached hydrogen (secondary N) is 2. The van der Waals surface area contributed by atoms with Gasteiger partial charge in [-0.25, -0.2) is 0 Å². The van der Waals surface area contributed by atoms with Gasteiger partial charge in [0.25, 0.3) is 0 Å². The number of fused-ring (bicyclic) bond motifs is 1. The third-order valence-corrected chi connectivity index (χ3v) is 9.77. The van der Waals surface area contributed by atoms with Gasteiger partial charge in [0.05, 0.1) is 0 Å². The molecular weight excluding hydrogens is 607 g/mol. The van der Waals surface area contributed by atoms with Crippen LogP contribution in [0.1, 0.15) is 36.0 Å². The van der Waals surface area contributed by atoms with Gasteiger partial charge in [0.1, 0.15) is 0 Å². The number of rotatable bonds is 8. The van der Waals surface area contributed by atoms with Crippen LogP contribution in [0.25, 0.3) is 11.4 Å². The van der Waals surface area contributed by atoms with Crippen LogP contribution in [0.2, 0.25) is 0 Å². The predicted octanol–water partition coefficient (Wildman–Crippen LogP) is 1.67. The molecule has 0 radical (unpaired) electrons. The summed E-state index contributed by atoms with van der Waals surface area (Å²) in [6.07, 6.45) is 6.91. The fraction of sp³-hybridized carbons (Fsp3) is 0.231. The summed E-state index contributed by atoms with van der Waals surface area (Å²) in [5, 5.41) is 21.5. The molecule has 6 nitrogen and oxygen atoms in total. The zero-order valence-corrected chi connectivity index (χ0v) is 22.2. The molecule has 1 amide bonds. The molecule has 2 aromatic carbocycles. The van der Waals surface area contributed by atoms with Crippen LogP contribution in [0, 0.1) is 9.62 Å². The minimum atomic E-state index is -0.452. The standard InChI is InChI=1S/C26H25BrIN4O2/c27-22-16-31-32-24(12-20(13-28-26(22)32)21-3-1-2-4-23(21)33)29-14-18-7-9-19(10-8-18)15-30-25(34)11-17-5-6-17/h1-4,7-10,12-13,16-17,29,33H,5-6,11,14-15H2,(H,30,34)/q-1. The minimum absolute atomic E-state index is 0.144. The normalized spacial score (nSPS) is 15.3. The molecule has 0 bridgehead atoms. The molecule has 3 N–H and O–H groups in total. The van der Waals surface area contributed by atoms with Gasteiger partial charge in [0, 0.05) is 6.42 Å². The fourth-order valence-electron chi connectivity index (χ4n) is 3.73. The number of nitrogens with zero attached hydrogens (tertiary/aromatic N) is 2. The van der Waals surface area contributed by atoms with Gasteiger partial charge in [-0.05, 0) is 18.8 Å². The molecular formula is C26H25BrIN4O2-. The number of hydrogen-bond donors (Lipinski definition) is 3. The average Bonchev–Trinajstić information content (AvgIpc) is 3.61. The Bertz CT molecular complexity index is 1260. The Morgan fingerprint density at radius 2 is 1.85 bits per heavy atom. The number of aromatic hydroxyl groups is 1. The van der Waals surface area contributed by atoms with Crippen molar-refractivity contribution in [3.8, 4) is 5.75 Å². The van der Waals surface area contributed by atoms with E-state index >= 15 is 0 Å². The van der Waals surface area contributed by atoms with Crippen molar-refractivity contribution in [2.24, 2.45) is 5.92 Å². The average molecular weight is 632 g/mol. The first-order valence-electron chi connectivity index (χ1n) is 11.2. The molecule has 2 heterocycles. The second kappa shape index (κ2) is 10.4. The van der Waals surface area contributed by atoms with Gasteiger partial charge in [-0.1, -0.05) is 0 Å². The summed E-state index contributed by atoms with van der Waals surface area (Å²) in [5.74, 6) is 1.88. The predicted molar refractivity (Wildman–Crippen MR) is 131 cm³/mol. The van der Waals surface area contributed by atoms with E-state index in [-0.39, 0.29) is 11.7 Å². The monoisotopic (exact) mass is 631 g/mol. The summed E-state index contributed by atoms with van der Waals surface area (Å²) in [6, 6.07) is 15.7. The summed E-state index contributed by atoms with van der Waals surface area (Å²) >= 11 is 3.18. The summed E-state index contributed by atoms with van der Waals surface area (Å²) < 4.78 is 6.31. The first kappa shape index (κ1) is 23.2. The fourth-order valence-corrected chi connectivity index (χ4v) is 6.81. The van der Waals surface area contributed by atoms with Gasteiger partial charge in [-0.15, -0.1) is 0 Å². The Balaban J connectivity index is 1.28. The van der Waals surface area contributed by atoms with Crippen LogP contribution in [0.15, 0.2) is 69.4 Å². The van der Waals surface area contributed by atoms with Crippen molar-refractivity contribution in [1.82, 2.24) is 20.4 Å². The third kappa shape index (κ3) is 5.55. The maximum atomic E-state index is 11.9. The second-order valence-electron chi connectivity index (χ2n) is 8.51. The van der Waals surface area contributed by atoms with E-state index in [1.807, 2.05) is 29.1 Å². The van der Waals surface area contributed by atoms with Gasteiger partial charge < -0.3 is 0 Å². The van der Waals surface area contributed by atoms with Crippen molar-refractivity contribution in [3.63, 3.8) is 0 Å². The molecule has 2 aliphatic rings. The number of carbonyl (C=O) groups is 1. The number of hydrogen-bond acceptors (Lipinski definition) is 4. The zero-order chi connectivity index (χ0) is 23.5. The van der Waals surface area contributed by atoms with Gasteiger partial charge in [0.2, 0.25) is 0 Å². The Hall–Kier alpha value is -2.59. The molecule has 176 valence electrons. The van der Waals surface area contributed by atoms with Crippen LogP contribution in [0.5, 0.6) is 5.75 Å². The van der Waals surface area contributed by atoms with E-state index < -0.39 is 21.2 Å². The van der Waals surface area contributed by atoms with Crippen LogP contribution in [0.3, 0.4) is 0 Å². The summed E-state index contributed by atoms with van der Waals surface area (Å²) in [6.45, 7) is 1.19. The molecule has 0 atom stereocenters. The number of amides is 1. The number of benzene rings is 2. The molecule has 1 fully saturated rings. The van der Waals surface area contributed by atoms with Gasteiger partial charge in [0.15, 0.2) is 0 Å². The molecule has 1 aliphatic heterocycles. The van der Waals surface area contributed by atoms with E-state index in [0.717, 1.165) is 36.3 Å². The van der Waals surface area contributed by atoms with E-state index in [1.165, 1.54) is 12.8 Å². The number of aromatic nitrogens is 2. The Morgan fingerprint density at radius 1 is 1.12 bits per heavy atom. The SMILES string of the molecule is O=C(CC1CC1)NCc1ccc(CNC2=CC(c3ccccc3O)=C[I-]c3c(Br)cnn32)cc1. The molecule has 5 rings (SSSR count).